The number of sulfonamides is 1. The number of fused-ring (bicyclic) bond motifs is 1. The number of methoxy groups -OCH3 is 1. The van der Waals surface area contributed by atoms with Crippen LogP contribution in [0.1, 0.15) is 16.7 Å². The molecule has 1 aliphatic rings. The van der Waals surface area contributed by atoms with Gasteiger partial charge in [0.05, 0.1) is 12.0 Å². The van der Waals surface area contributed by atoms with Crippen LogP contribution in [-0.4, -0.2) is 26.9 Å². The number of ether oxygens (including phenoxy) is 1. The number of rotatable bonds is 5. The summed E-state index contributed by atoms with van der Waals surface area (Å²) < 4.78 is 32.1. The molecule has 2 aromatic carbocycles. The molecule has 0 N–H and O–H groups in total. The predicted octanol–water partition coefficient (Wildman–Crippen LogP) is 2.65. The van der Waals surface area contributed by atoms with E-state index in [1.807, 2.05) is 19.1 Å². The van der Waals surface area contributed by atoms with Crippen LogP contribution in [0.25, 0.3) is 0 Å². The first-order valence-electron chi connectivity index (χ1n) is 7.44. The first kappa shape index (κ1) is 16.8. The molecule has 1 heterocycles. The second-order valence-electron chi connectivity index (χ2n) is 5.67. The van der Waals surface area contributed by atoms with Crippen molar-refractivity contribution in [1.82, 2.24) is 4.31 Å². The summed E-state index contributed by atoms with van der Waals surface area (Å²) in [7, 11) is -0.523. The highest BCUT2D eigenvalue weighted by Gasteiger charge is 2.26. The van der Waals surface area contributed by atoms with E-state index in [4.69, 9.17) is 14.5 Å². The fraction of sp³-hybridized carbons (Fsp3) is 0.294. The fourth-order valence-corrected chi connectivity index (χ4v) is 3.71. The molecule has 0 radical (unpaired) electrons. The van der Waals surface area contributed by atoms with Crippen LogP contribution in [0.4, 0.5) is 0 Å². The van der Waals surface area contributed by atoms with Gasteiger partial charge in [-0.3, -0.25) is 0 Å². The summed E-state index contributed by atoms with van der Waals surface area (Å²) >= 11 is 0. The summed E-state index contributed by atoms with van der Waals surface area (Å²) in [5.41, 5.74) is 2.59. The van der Waals surface area contributed by atoms with Crippen molar-refractivity contribution in [3.8, 4) is 11.5 Å². The molecule has 1 aliphatic heterocycles. The number of hydrogen-bond donors (Lipinski definition) is 0. The largest absolute Gasteiger partial charge is 0.492 e. The zero-order chi connectivity index (χ0) is 17.3. The minimum absolute atomic E-state index is 0.163. The maximum atomic E-state index is 12.7. The Morgan fingerprint density at radius 1 is 1.17 bits per heavy atom. The highest BCUT2D eigenvalue weighted by Crippen LogP contribution is 2.39. The molecule has 0 spiro atoms. The van der Waals surface area contributed by atoms with E-state index < -0.39 is 10.0 Å². The molecule has 0 bridgehead atoms. The Hall–Kier alpha value is -2.09. The predicted molar refractivity (Wildman–Crippen MR) is 88.2 cm³/mol. The standard InChI is InChI=1S/C17H19NO5S/c1-12-4-8-15(9-5-12)24(19,20)18(2)10-13-6-7-14-11-22-23-17(14)16(13)21-3/h4-9H,10-11H2,1-3H3. The lowest BCUT2D eigenvalue weighted by Crippen LogP contribution is -2.26. The molecule has 2 aromatic rings. The van der Waals surface area contributed by atoms with Crippen molar-refractivity contribution in [2.24, 2.45) is 0 Å². The molecule has 0 aromatic heterocycles. The Kier molecular flexibility index (Phi) is 4.49. The van der Waals surface area contributed by atoms with Crippen LogP contribution in [0.2, 0.25) is 0 Å². The first-order valence-corrected chi connectivity index (χ1v) is 8.88. The molecule has 3 rings (SSSR count). The molecule has 0 fully saturated rings. The van der Waals surface area contributed by atoms with E-state index in [-0.39, 0.29) is 11.4 Å². The number of nitrogens with zero attached hydrogens (tertiary/aromatic N) is 1. The smallest absolute Gasteiger partial charge is 0.243 e. The molecule has 0 aliphatic carbocycles. The summed E-state index contributed by atoms with van der Waals surface area (Å²) in [6.45, 7) is 2.43. The Morgan fingerprint density at radius 2 is 1.88 bits per heavy atom. The number of benzene rings is 2. The van der Waals surface area contributed by atoms with Crippen LogP contribution < -0.4 is 9.62 Å². The van der Waals surface area contributed by atoms with Crippen LogP contribution in [0.15, 0.2) is 41.3 Å². The van der Waals surface area contributed by atoms with Crippen LogP contribution in [0.3, 0.4) is 0 Å². The van der Waals surface area contributed by atoms with Crippen molar-refractivity contribution < 1.29 is 22.9 Å². The molecule has 0 amide bonds. The molecule has 128 valence electrons. The van der Waals surface area contributed by atoms with Crippen LogP contribution in [-0.2, 0) is 28.1 Å². The summed E-state index contributed by atoms with van der Waals surface area (Å²) in [5, 5.41) is 0. The minimum Gasteiger partial charge on any atom is -0.492 e. The van der Waals surface area contributed by atoms with Crippen molar-refractivity contribution in [3.63, 3.8) is 0 Å². The monoisotopic (exact) mass is 349 g/mol. The van der Waals surface area contributed by atoms with Gasteiger partial charge in [-0.2, -0.15) is 9.19 Å². The van der Waals surface area contributed by atoms with Gasteiger partial charge in [-0.15, -0.1) is 0 Å². The normalized spacial score (nSPS) is 13.7. The molecular weight excluding hydrogens is 330 g/mol. The topological polar surface area (TPSA) is 65.1 Å². The van der Waals surface area contributed by atoms with Crippen molar-refractivity contribution in [2.45, 2.75) is 25.0 Å². The third kappa shape index (κ3) is 2.98. The van der Waals surface area contributed by atoms with Gasteiger partial charge in [0.25, 0.3) is 0 Å². The van der Waals surface area contributed by atoms with Crippen molar-refractivity contribution >= 4 is 10.0 Å². The molecule has 0 unspecified atom stereocenters. The SMILES string of the molecule is COc1c(CN(C)S(=O)(=O)c2ccc(C)cc2)ccc2c1OOC2. The van der Waals surface area contributed by atoms with Gasteiger partial charge in [-0.1, -0.05) is 29.8 Å². The average molecular weight is 349 g/mol. The van der Waals surface area contributed by atoms with Gasteiger partial charge in [-0.25, -0.2) is 8.42 Å². The van der Waals surface area contributed by atoms with E-state index in [0.29, 0.717) is 23.7 Å². The molecule has 0 saturated carbocycles. The second-order valence-corrected chi connectivity index (χ2v) is 7.71. The van der Waals surface area contributed by atoms with E-state index in [1.165, 1.54) is 11.4 Å². The van der Waals surface area contributed by atoms with Gasteiger partial charge < -0.3 is 9.62 Å². The van der Waals surface area contributed by atoms with Gasteiger partial charge >= 0.3 is 0 Å². The molecule has 0 saturated heterocycles. The summed E-state index contributed by atoms with van der Waals surface area (Å²) in [6, 6.07) is 10.5. The maximum absolute atomic E-state index is 12.7. The average Bonchev–Trinajstić information content (AvgIpc) is 3.03. The van der Waals surface area contributed by atoms with Crippen LogP contribution in [0, 0.1) is 6.92 Å². The lowest BCUT2D eigenvalue weighted by molar-refractivity contribution is -0.195. The fourth-order valence-electron chi connectivity index (χ4n) is 2.56. The first-order chi connectivity index (χ1) is 11.4. The minimum atomic E-state index is -3.59. The Balaban J connectivity index is 1.90. The summed E-state index contributed by atoms with van der Waals surface area (Å²) in [4.78, 5) is 10.3. The molecule has 6 nitrogen and oxygen atoms in total. The molecular formula is C17H19NO5S. The van der Waals surface area contributed by atoms with E-state index in [0.717, 1.165) is 11.1 Å². The van der Waals surface area contributed by atoms with E-state index in [2.05, 4.69) is 0 Å². The molecule has 24 heavy (non-hydrogen) atoms. The van der Waals surface area contributed by atoms with Crippen LogP contribution in [0.5, 0.6) is 11.5 Å². The van der Waals surface area contributed by atoms with Crippen molar-refractivity contribution in [3.05, 3.63) is 53.1 Å². The van der Waals surface area contributed by atoms with Gasteiger partial charge in [0.2, 0.25) is 15.8 Å². The number of aryl methyl sites for hydroxylation is 1. The van der Waals surface area contributed by atoms with E-state index in [1.54, 1.807) is 31.3 Å². The Labute approximate surface area is 141 Å². The van der Waals surface area contributed by atoms with Crippen LogP contribution >= 0.6 is 0 Å². The zero-order valence-electron chi connectivity index (χ0n) is 13.8. The third-order valence-electron chi connectivity index (χ3n) is 3.96. The lowest BCUT2D eigenvalue weighted by atomic mass is 10.1. The van der Waals surface area contributed by atoms with Gasteiger partial charge in [0.1, 0.15) is 6.61 Å². The molecule has 0 atom stereocenters. The quantitative estimate of drug-likeness (QED) is 0.777. The summed E-state index contributed by atoms with van der Waals surface area (Å²) in [5.74, 6) is 1.01. The highest BCUT2D eigenvalue weighted by atomic mass is 32.2. The molecule has 7 heteroatoms. The highest BCUT2D eigenvalue weighted by molar-refractivity contribution is 7.89. The van der Waals surface area contributed by atoms with Gasteiger partial charge in [0.15, 0.2) is 5.75 Å². The van der Waals surface area contributed by atoms with Crippen molar-refractivity contribution in [2.75, 3.05) is 14.2 Å². The zero-order valence-corrected chi connectivity index (χ0v) is 14.6. The van der Waals surface area contributed by atoms with E-state index in [9.17, 15) is 8.42 Å². The summed E-state index contributed by atoms with van der Waals surface area (Å²) in [6.07, 6.45) is 0. The Bertz CT molecular complexity index is 846. The maximum Gasteiger partial charge on any atom is 0.243 e. The van der Waals surface area contributed by atoms with Gasteiger partial charge in [-0.05, 0) is 19.1 Å². The third-order valence-corrected chi connectivity index (χ3v) is 5.78. The number of hydrogen-bond acceptors (Lipinski definition) is 5. The van der Waals surface area contributed by atoms with Crippen molar-refractivity contribution in [1.29, 1.82) is 0 Å². The lowest BCUT2D eigenvalue weighted by Gasteiger charge is -2.19. The van der Waals surface area contributed by atoms with Gasteiger partial charge in [0, 0.05) is 24.7 Å². The Morgan fingerprint density at radius 3 is 2.54 bits per heavy atom. The van der Waals surface area contributed by atoms with E-state index >= 15 is 0 Å². The second kappa shape index (κ2) is 6.43.